The predicted molar refractivity (Wildman–Crippen MR) is 75.5 cm³/mol. The van der Waals surface area contributed by atoms with E-state index >= 15 is 0 Å². The topological polar surface area (TPSA) is 49.8 Å². The Balaban J connectivity index is 2.40. The summed E-state index contributed by atoms with van der Waals surface area (Å²) in [7, 11) is 0. The van der Waals surface area contributed by atoms with E-state index in [4.69, 9.17) is 0 Å². The summed E-state index contributed by atoms with van der Waals surface area (Å²) in [6.45, 7) is 3.37. The van der Waals surface area contributed by atoms with Crippen molar-refractivity contribution >= 4 is 33.3 Å². The molecule has 0 bridgehead atoms. The highest BCUT2D eigenvalue weighted by molar-refractivity contribution is 7.18. The predicted octanol–water partition coefficient (Wildman–Crippen LogP) is 3.66. The number of alkyl halides is 3. The van der Waals surface area contributed by atoms with Crippen LogP contribution >= 0.6 is 11.3 Å². The third-order valence-electron chi connectivity index (χ3n) is 2.58. The van der Waals surface area contributed by atoms with Crippen molar-refractivity contribution in [2.45, 2.75) is 26.4 Å². The van der Waals surface area contributed by atoms with Crippen LogP contribution in [0.2, 0.25) is 0 Å². The standard InChI is InChI=1S/C12H15F3N4S/c1-3-7-5-8-9(17-6-12(13,14)15)18-11(16-4-2)19-10(8)20-7/h5H,3-4,6H2,1-2H3,(H2,16,17,18,19). The fourth-order valence-corrected chi connectivity index (χ4v) is 2.67. The number of aryl methyl sites for hydroxylation is 1. The van der Waals surface area contributed by atoms with Crippen molar-refractivity contribution in [3.8, 4) is 0 Å². The van der Waals surface area contributed by atoms with E-state index in [1.54, 1.807) is 0 Å². The number of anilines is 2. The molecule has 0 radical (unpaired) electrons. The van der Waals surface area contributed by atoms with Crippen LogP contribution in [-0.2, 0) is 6.42 Å². The van der Waals surface area contributed by atoms with Gasteiger partial charge in [-0.05, 0) is 19.4 Å². The molecule has 0 fully saturated rings. The average molecular weight is 304 g/mol. The van der Waals surface area contributed by atoms with Gasteiger partial charge in [0.25, 0.3) is 0 Å². The van der Waals surface area contributed by atoms with Crippen molar-refractivity contribution in [1.82, 2.24) is 9.97 Å². The zero-order chi connectivity index (χ0) is 14.8. The van der Waals surface area contributed by atoms with Gasteiger partial charge in [0.1, 0.15) is 17.2 Å². The van der Waals surface area contributed by atoms with Crippen LogP contribution in [0.5, 0.6) is 0 Å². The van der Waals surface area contributed by atoms with E-state index in [1.165, 1.54) is 11.3 Å². The van der Waals surface area contributed by atoms with Crippen LogP contribution in [0.4, 0.5) is 24.9 Å². The Hall–Kier alpha value is -1.57. The van der Waals surface area contributed by atoms with Crippen molar-refractivity contribution in [2.24, 2.45) is 0 Å². The number of halogens is 3. The van der Waals surface area contributed by atoms with Crippen molar-refractivity contribution in [3.05, 3.63) is 10.9 Å². The van der Waals surface area contributed by atoms with Gasteiger partial charge in [-0.1, -0.05) is 6.92 Å². The second-order valence-corrected chi connectivity index (χ2v) is 5.30. The molecule has 2 heterocycles. The van der Waals surface area contributed by atoms with Gasteiger partial charge in [-0.15, -0.1) is 11.3 Å². The number of hydrogen-bond donors (Lipinski definition) is 2. The number of rotatable bonds is 5. The molecule has 0 saturated heterocycles. The molecule has 2 rings (SSSR count). The minimum absolute atomic E-state index is 0.222. The quantitative estimate of drug-likeness (QED) is 0.885. The Morgan fingerprint density at radius 1 is 1.20 bits per heavy atom. The minimum atomic E-state index is -4.28. The molecule has 0 saturated carbocycles. The molecule has 4 nitrogen and oxygen atoms in total. The highest BCUT2D eigenvalue weighted by Gasteiger charge is 2.27. The number of fused-ring (bicyclic) bond motifs is 1. The van der Waals surface area contributed by atoms with Crippen LogP contribution in [-0.4, -0.2) is 29.2 Å². The molecule has 2 N–H and O–H groups in total. The maximum Gasteiger partial charge on any atom is 0.405 e. The summed E-state index contributed by atoms with van der Waals surface area (Å²) in [5.41, 5.74) is 0. The number of nitrogens with one attached hydrogen (secondary N) is 2. The first-order valence-corrected chi connectivity index (χ1v) is 7.09. The summed E-state index contributed by atoms with van der Waals surface area (Å²) < 4.78 is 37.0. The number of hydrogen-bond acceptors (Lipinski definition) is 5. The third-order valence-corrected chi connectivity index (χ3v) is 3.76. The molecular formula is C12H15F3N4S. The average Bonchev–Trinajstić information content (AvgIpc) is 2.78. The lowest BCUT2D eigenvalue weighted by Crippen LogP contribution is -2.22. The maximum absolute atomic E-state index is 12.3. The van der Waals surface area contributed by atoms with E-state index in [0.717, 1.165) is 11.3 Å². The van der Waals surface area contributed by atoms with E-state index in [0.29, 0.717) is 22.7 Å². The molecule has 20 heavy (non-hydrogen) atoms. The Bertz CT molecular complexity index is 594. The van der Waals surface area contributed by atoms with Gasteiger partial charge in [0, 0.05) is 11.4 Å². The maximum atomic E-state index is 12.3. The second-order valence-electron chi connectivity index (χ2n) is 4.18. The Kier molecular flexibility index (Phi) is 4.32. The lowest BCUT2D eigenvalue weighted by molar-refractivity contribution is -0.115. The fourth-order valence-electron chi connectivity index (χ4n) is 1.70. The lowest BCUT2D eigenvalue weighted by Gasteiger charge is -2.11. The van der Waals surface area contributed by atoms with Crippen LogP contribution in [0.1, 0.15) is 18.7 Å². The van der Waals surface area contributed by atoms with Gasteiger partial charge in [-0.25, -0.2) is 4.98 Å². The van der Waals surface area contributed by atoms with Crippen molar-refractivity contribution in [1.29, 1.82) is 0 Å². The molecule has 0 aliphatic heterocycles. The summed E-state index contributed by atoms with van der Waals surface area (Å²) in [6.07, 6.45) is -3.46. The monoisotopic (exact) mass is 304 g/mol. The van der Waals surface area contributed by atoms with Gasteiger partial charge in [-0.3, -0.25) is 0 Å². The SMILES string of the molecule is CCNc1nc(NCC(F)(F)F)c2cc(CC)sc2n1. The van der Waals surface area contributed by atoms with Gasteiger partial charge < -0.3 is 10.6 Å². The summed E-state index contributed by atoms with van der Waals surface area (Å²) in [6, 6.07) is 1.84. The number of aromatic nitrogens is 2. The van der Waals surface area contributed by atoms with Crippen molar-refractivity contribution in [3.63, 3.8) is 0 Å². The number of nitrogens with zero attached hydrogens (tertiary/aromatic N) is 2. The molecule has 0 unspecified atom stereocenters. The zero-order valence-corrected chi connectivity index (χ0v) is 12.0. The largest absolute Gasteiger partial charge is 0.405 e. The van der Waals surface area contributed by atoms with Gasteiger partial charge >= 0.3 is 6.18 Å². The van der Waals surface area contributed by atoms with E-state index in [1.807, 2.05) is 19.9 Å². The summed E-state index contributed by atoms with van der Waals surface area (Å²) in [5, 5.41) is 5.92. The van der Waals surface area contributed by atoms with Gasteiger partial charge in [0.15, 0.2) is 0 Å². The molecule has 0 amide bonds. The molecular weight excluding hydrogens is 289 g/mol. The molecule has 2 aromatic heterocycles. The normalized spacial score (nSPS) is 11.8. The summed E-state index contributed by atoms with van der Waals surface area (Å²) >= 11 is 1.47. The molecule has 0 spiro atoms. The first kappa shape index (κ1) is 14.8. The molecule has 2 aromatic rings. The summed E-state index contributed by atoms with van der Waals surface area (Å²) in [4.78, 5) is 10.2. The highest BCUT2D eigenvalue weighted by Crippen LogP contribution is 2.31. The summed E-state index contributed by atoms with van der Waals surface area (Å²) in [5.74, 6) is 0.563. The first-order valence-electron chi connectivity index (χ1n) is 6.28. The zero-order valence-electron chi connectivity index (χ0n) is 11.1. The van der Waals surface area contributed by atoms with E-state index in [-0.39, 0.29) is 5.82 Å². The van der Waals surface area contributed by atoms with Crippen LogP contribution in [0.25, 0.3) is 10.2 Å². The molecule has 8 heteroatoms. The Morgan fingerprint density at radius 3 is 2.55 bits per heavy atom. The van der Waals surface area contributed by atoms with Gasteiger partial charge in [0.05, 0.1) is 5.39 Å². The van der Waals surface area contributed by atoms with Crippen LogP contribution in [0, 0.1) is 0 Å². The first-order chi connectivity index (χ1) is 9.43. The van der Waals surface area contributed by atoms with Crippen LogP contribution in [0.3, 0.4) is 0 Å². The third kappa shape index (κ3) is 3.50. The molecule has 0 aliphatic rings. The fraction of sp³-hybridized carbons (Fsp3) is 0.500. The van der Waals surface area contributed by atoms with E-state index < -0.39 is 12.7 Å². The molecule has 0 atom stereocenters. The second kappa shape index (κ2) is 5.82. The Morgan fingerprint density at radius 2 is 1.95 bits per heavy atom. The molecule has 0 aliphatic carbocycles. The molecule has 110 valence electrons. The lowest BCUT2D eigenvalue weighted by atomic mass is 10.3. The minimum Gasteiger partial charge on any atom is -0.360 e. The van der Waals surface area contributed by atoms with Crippen molar-refractivity contribution < 1.29 is 13.2 Å². The van der Waals surface area contributed by atoms with E-state index in [9.17, 15) is 13.2 Å². The smallest absolute Gasteiger partial charge is 0.360 e. The van der Waals surface area contributed by atoms with Crippen LogP contribution < -0.4 is 10.6 Å². The van der Waals surface area contributed by atoms with Crippen molar-refractivity contribution in [2.75, 3.05) is 23.7 Å². The highest BCUT2D eigenvalue weighted by atomic mass is 32.1. The van der Waals surface area contributed by atoms with Gasteiger partial charge in [-0.2, -0.15) is 18.2 Å². The van der Waals surface area contributed by atoms with Gasteiger partial charge in [0.2, 0.25) is 5.95 Å². The number of thiophene rings is 1. The van der Waals surface area contributed by atoms with Crippen LogP contribution in [0.15, 0.2) is 6.07 Å². The Labute approximate surface area is 118 Å². The molecule has 0 aromatic carbocycles. The van der Waals surface area contributed by atoms with E-state index in [2.05, 4.69) is 20.6 Å².